The lowest BCUT2D eigenvalue weighted by molar-refractivity contribution is -0.704. The van der Waals surface area contributed by atoms with E-state index >= 15 is 0 Å². The van der Waals surface area contributed by atoms with Crippen LogP contribution in [0, 0.1) is 0 Å². The van der Waals surface area contributed by atoms with Crippen LogP contribution in [0.2, 0.25) is 0 Å². The number of aryl methyl sites for hydroxylation is 2. The lowest BCUT2D eigenvalue weighted by atomic mass is 10.0. The number of rotatable bonds is 26. The third-order valence-electron chi connectivity index (χ3n) is 7.60. The van der Waals surface area contributed by atoms with E-state index in [0.29, 0.717) is 0 Å². The van der Waals surface area contributed by atoms with Crippen molar-refractivity contribution in [3.05, 3.63) is 18.2 Å². The molecule has 200 valence electrons. The Hall–Kier alpha value is -0.790. The minimum atomic E-state index is 1.22. The molecule has 0 bridgehead atoms. The summed E-state index contributed by atoms with van der Waals surface area (Å²) in [6, 6.07) is 0. The summed E-state index contributed by atoms with van der Waals surface area (Å²) in [5, 5.41) is 0. The van der Waals surface area contributed by atoms with Crippen LogP contribution in [-0.4, -0.2) is 4.57 Å². The number of aromatic nitrogens is 2. The van der Waals surface area contributed by atoms with Crippen LogP contribution < -0.4 is 4.57 Å². The average Bonchev–Trinajstić information content (AvgIpc) is 3.23. The molecule has 0 spiro atoms. The molecular weight excluding hydrogens is 412 g/mol. The maximum atomic E-state index is 2.58. The summed E-state index contributed by atoms with van der Waals surface area (Å²) in [6.07, 6.45) is 38.5. The lowest BCUT2D eigenvalue weighted by Gasteiger charge is -2.06. The van der Waals surface area contributed by atoms with E-state index < -0.39 is 0 Å². The molecular formula is C32H63N2+. The molecule has 0 saturated heterocycles. The van der Waals surface area contributed by atoms with Gasteiger partial charge in [0.2, 0.25) is 0 Å². The summed E-state index contributed by atoms with van der Waals surface area (Å²) in [6.45, 7) is 9.38. The zero-order valence-corrected chi connectivity index (χ0v) is 23.9. The van der Waals surface area contributed by atoms with Gasteiger partial charge in [0.25, 0.3) is 5.82 Å². The van der Waals surface area contributed by atoms with Crippen molar-refractivity contribution < 1.29 is 4.57 Å². The van der Waals surface area contributed by atoms with Gasteiger partial charge in [-0.15, -0.1) is 0 Å². The van der Waals surface area contributed by atoms with Gasteiger partial charge in [0.05, 0.1) is 13.1 Å². The van der Waals surface area contributed by atoms with E-state index in [1.807, 2.05) is 0 Å². The number of imidazole rings is 1. The Morgan fingerprint density at radius 3 is 1.38 bits per heavy atom. The zero-order valence-electron chi connectivity index (χ0n) is 23.9. The van der Waals surface area contributed by atoms with Gasteiger partial charge < -0.3 is 0 Å². The van der Waals surface area contributed by atoms with Gasteiger partial charge >= 0.3 is 0 Å². The Kier molecular flexibility index (Phi) is 22.0. The van der Waals surface area contributed by atoms with Crippen molar-refractivity contribution in [2.75, 3.05) is 0 Å². The molecule has 0 fully saturated rings. The molecule has 2 heteroatoms. The summed E-state index contributed by atoms with van der Waals surface area (Å²) >= 11 is 0. The molecule has 1 rings (SSSR count). The Morgan fingerprint density at radius 2 is 0.912 bits per heavy atom. The fraction of sp³-hybridized carbons (Fsp3) is 0.906. The monoisotopic (exact) mass is 475 g/mol. The Balaban J connectivity index is 2.14. The second-order valence-corrected chi connectivity index (χ2v) is 10.9. The fourth-order valence-electron chi connectivity index (χ4n) is 5.24. The highest BCUT2D eigenvalue weighted by Gasteiger charge is 2.16. The SMILES string of the molecule is CCCCCCCCCCCCCCCn1cc[n+](CCCCCCCCCC)c1CCCC. The van der Waals surface area contributed by atoms with Crippen molar-refractivity contribution in [2.45, 2.75) is 188 Å². The van der Waals surface area contributed by atoms with E-state index in [9.17, 15) is 0 Å². The topological polar surface area (TPSA) is 8.81 Å². The van der Waals surface area contributed by atoms with E-state index in [4.69, 9.17) is 0 Å². The molecule has 0 aromatic carbocycles. The highest BCUT2D eigenvalue weighted by Crippen LogP contribution is 2.14. The third-order valence-corrected chi connectivity index (χ3v) is 7.60. The lowest BCUT2D eigenvalue weighted by Crippen LogP contribution is -2.37. The maximum absolute atomic E-state index is 2.58. The molecule has 0 saturated carbocycles. The summed E-state index contributed by atoms with van der Waals surface area (Å²) in [7, 11) is 0. The Bertz CT molecular complexity index is 533. The molecule has 0 unspecified atom stereocenters. The van der Waals surface area contributed by atoms with Crippen LogP contribution in [0.3, 0.4) is 0 Å². The van der Waals surface area contributed by atoms with Crippen molar-refractivity contribution in [2.24, 2.45) is 0 Å². The van der Waals surface area contributed by atoms with Gasteiger partial charge in [-0.25, -0.2) is 9.13 Å². The second kappa shape index (κ2) is 23.9. The first-order valence-electron chi connectivity index (χ1n) is 15.9. The molecule has 1 heterocycles. The van der Waals surface area contributed by atoms with Crippen LogP contribution in [-0.2, 0) is 19.5 Å². The van der Waals surface area contributed by atoms with Crippen molar-refractivity contribution >= 4 is 0 Å². The normalized spacial score (nSPS) is 11.5. The minimum Gasteiger partial charge on any atom is -0.234 e. The van der Waals surface area contributed by atoms with Gasteiger partial charge in [0.15, 0.2) is 0 Å². The van der Waals surface area contributed by atoms with Crippen molar-refractivity contribution in [1.29, 1.82) is 0 Å². The molecule has 1 aromatic heterocycles. The molecule has 2 nitrogen and oxygen atoms in total. The molecule has 1 aromatic rings. The zero-order chi connectivity index (χ0) is 24.5. The smallest absolute Gasteiger partial charge is 0.234 e. The molecule has 0 atom stereocenters. The first kappa shape index (κ1) is 31.2. The van der Waals surface area contributed by atoms with Gasteiger partial charge in [-0.3, -0.25) is 0 Å². The molecule has 0 aliphatic carbocycles. The first-order valence-corrected chi connectivity index (χ1v) is 15.9. The highest BCUT2D eigenvalue weighted by molar-refractivity contribution is 4.84. The quantitative estimate of drug-likeness (QED) is 0.0930. The van der Waals surface area contributed by atoms with E-state index in [2.05, 4.69) is 42.3 Å². The van der Waals surface area contributed by atoms with Gasteiger partial charge in [-0.1, -0.05) is 136 Å². The predicted octanol–water partition coefficient (Wildman–Crippen LogP) is 10.4. The average molecular weight is 476 g/mol. The molecule has 34 heavy (non-hydrogen) atoms. The summed E-state index contributed by atoms with van der Waals surface area (Å²) < 4.78 is 5.16. The number of hydrogen-bond acceptors (Lipinski definition) is 0. The van der Waals surface area contributed by atoms with E-state index in [1.165, 1.54) is 167 Å². The Morgan fingerprint density at radius 1 is 0.500 bits per heavy atom. The molecule has 0 aliphatic heterocycles. The molecule has 0 aliphatic rings. The van der Waals surface area contributed by atoms with Crippen molar-refractivity contribution in [3.63, 3.8) is 0 Å². The van der Waals surface area contributed by atoms with Crippen LogP contribution in [0.1, 0.15) is 174 Å². The van der Waals surface area contributed by atoms with E-state index in [0.717, 1.165) is 0 Å². The van der Waals surface area contributed by atoms with Gasteiger partial charge in [-0.2, -0.15) is 0 Å². The van der Waals surface area contributed by atoms with Gasteiger partial charge in [0.1, 0.15) is 12.4 Å². The fourth-order valence-corrected chi connectivity index (χ4v) is 5.24. The van der Waals surface area contributed by atoms with Crippen LogP contribution in [0.25, 0.3) is 0 Å². The molecule has 0 amide bonds. The second-order valence-electron chi connectivity index (χ2n) is 10.9. The van der Waals surface area contributed by atoms with Crippen LogP contribution in [0.5, 0.6) is 0 Å². The van der Waals surface area contributed by atoms with Crippen LogP contribution in [0.4, 0.5) is 0 Å². The van der Waals surface area contributed by atoms with E-state index in [-0.39, 0.29) is 0 Å². The van der Waals surface area contributed by atoms with Crippen molar-refractivity contribution in [3.8, 4) is 0 Å². The predicted molar refractivity (Wildman–Crippen MR) is 152 cm³/mol. The summed E-state index contributed by atoms with van der Waals surface area (Å²) in [4.78, 5) is 0. The van der Waals surface area contributed by atoms with Crippen LogP contribution in [0.15, 0.2) is 12.4 Å². The maximum Gasteiger partial charge on any atom is 0.256 e. The standard InChI is InChI=1S/C32H63N2/c1-4-7-10-12-14-16-17-18-19-20-22-24-26-29-34-31-30-33(32(34)27-9-6-3)28-25-23-21-15-13-11-8-5-2/h30-31H,4-29H2,1-3H3/q+1. The largest absolute Gasteiger partial charge is 0.256 e. The first-order chi connectivity index (χ1) is 16.8. The van der Waals surface area contributed by atoms with Crippen LogP contribution >= 0.6 is 0 Å². The molecule has 0 N–H and O–H groups in total. The third kappa shape index (κ3) is 16.8. The summed E-state index contributed by atoms with van der Waals surface area (Å²) in [5.41, 5.74) is 0. The molecule has 0 radical (unpaired) electrons. The van der Waals surface area contributed by atoms with E-state index in [1.54, 1.807) is 5.82 Å². The van der Waals surface area contributed by atoms with Crippen molar-refractivity contribution in [1.82, 2.24) is 4.57 Å². The van der Waals surface area contributed by atoms with Gasteiger partial charge in [0, 0.05) is 6.42 Å². The van der Waals surface area contributed by atoms with Gasteiger partial charge in [-0.05, 0) is 32.1 Å². The number of hydrogen-bond donors (Lipinski definition) is 0. The summed E-state index contributed by atoms with van der Waals surface area (Å²) in [5.74, 6) is 1.59. The number of nitrogens with zero attached hydrogens (tertiary/aromatic N) is 2. The highest BCUT2D eigenvalue weighted by atomic mass is 15.1. The number of unbranched alkanes of at least 4 members (excludes halogenated alkanes) is 20. The Labute approximate surface area is 215 Å². The minimum absolute atomic E-state index is 1.22.